The first-order chi connectivity index (χ1) is 16.4. The summed E-state index contributed by atoms with van der Waals surface area (Å²) in [6.45, 7) is 2.27. The maximum atomic E-state index is 11.9. The van der Waals surface area contributed by atoms with E-state index < -0.39 is 98.5 Å². The van der Waals surface area contributed by atoms with Crippen LogP contribution < -0.4 is 10.6 Å². The lowest BCUT2D eigenvalue weighted by Gasteiger charge is -2.47. The van der Waals surface area contributed by atoms with Crippen LogP contribution >= 0.6 is 0 Å². The van der Waals surface area contributed by atoms with Gasteiger partial charge in [0.05, 0.1) is 25.4 Å². The number of ether oxygens (including phenoxy) is 4. The van der Waals surface area contributed by atoms with E-state index in [1.165, 1.54) is 6.92 Å². The summed E-state index contributed by atoms with van der Waals surface area (Å²) >= 11 is 0. The quantitative estimate of drug-likeness (QED) is 0.129. The molecule has 8 N–H and O–H groups in total. The Morgan fingerprint density at radius 3 is 2.14 bits per heavy atom. The standard InChI is InChI=1S/C20H34N2O13/c1-7-14(28)16(30)17(31)20(32-7)35-18-13(22-9(3)27)19(34-12(6-25)15(18)29)33-11(5-24)10(4-23)21-8(2)26/h5,7,10-20,23,25,28-31H,4,6H2,1-3H3,(H,21,26)(H,22,27). The summed E-state index contributed by atoms with van der Waals surface area (Å²) in [4.78, 5) is 35.0. The van der Waals surface area contributed by atoms with Gasteiger partial charge in [0.15, 0.2) is 18.9 Å². The van der Waals surface area contributed by atoms with E-state index in [4.69, 9.17) is 18.9 Å². The highest BCUT2D eigenvalue weighted by atomic mass is 16.7. The van der Waals surface area contributed by atoms with Crippen molar-refractivity contribution in [2.45, 2.75) is 94.3 Å². The third-order valence-electron chi connectivity index (χ3n) is 5.73. The van der Waals surface area contributed by atoms with Crippen molar-refractivity contribution in [3.63, 3.8) is 0 Å². The topological polar surface area (TPSA) is 234 Å². The number of hydrogen-bond donors (Lipinski definition) is 8. The zero-order chi connectivity index (χ0) is 26.4. The van der Waals surface area contributed by atoms with Crippen LogP contribution in [0.15, 0.2) is 0 Å². The van der Waals surface area contributed by atoms with E-state index in [0.717, 1.165) is 13.8 Å². The molecular weight excluding hydrogens is 476 g/mol. The minimum Gasteiger partial charge on any atom is -0.394 e. The monoisotopic (exact) mass is 510 g/mol. The number of carbonyl (C=O) groups excluding carboxylic acids is 3. The molecule has 12 unspecified atom stereocenters. The van der Waals surface area contributed by atoms with Crippen LogP contribution in [-0.2, 0) is 33.3 Å². The average molecular weight is 510 g/mol. The van der Waals surface area contributed by atoms with Crippen molar-refractivity contribution in [1.29, 1.82) is 0 Å². The van der Waals surface area contributed by atoms with E-state index in [1.54, 1.807) is 0 Å². The number of aliphatic hydroxyl groups excluding tert-OH is 6. The Bertz CT molecular complexity index is 727. The van der Waals surface area contributed by atoms with E-state index in [2.05, 4.69) is 10.6 Å². The Morgan fingerprint density at radius 2 is 1.63 bits per heavy atom. The highest BCUT2D eigenvalue weighted by Crippen LogP contribution is 2.30. The summed E-state index contributed by atoms with van der Waals surface area (Å²) in [5, 5.41) is 65.1. The predicted octanol–water partition coefficient (Wildman–Crippen LogP) is -5.14. The van der Waals surface area contributed by atoms with E-state index in [-0.39, 0.29) is 6.29 Å². The zero-order valence-electron chi connectivity index (χ0n) is 19.5. The van der Waals surface area contributed by atoms with E-state index >= 15 is 0 Å². The molecule has 15 nitrogen and oxygen atoms in total. The number of aldehydes is 1. The van der Waals surface area contributed by atoms with Crippen LogP contribution in [0.5, 0.6) is 0 Å². The first-order valence-corrected chi connectivity index (χ1v) is 11.0. The Morgan fingerprint density at radius 1 is 0.971 bits per heavy atom. The van der Waals surface area contributed by atoms with Crippen molar-refractivity contribution in [2.75, 3.05) is 13.2 Å². The summed E-state index contributed by atoms with van der Waals surface area (Å²) in [5.41, 5.74) is 0. The molecule has 2 aliphatic rings. The lowest BCUT2D eigenvalue weighted by molar-refractivity contribution is -0.343. The molecule has 0 saturated carbocycles. The fourth-order valence-electron chi connectivity index (χ4n) is 3.88. The van der Waals surface area contributed by atoms with Crippen LogP contribution in [0.3, 0.4) is 0 Å². The SMILES string of the molecule is CC(=O)NC(CO)C(C=O)OC1OC(CO)C(O)C(OC2OC(C)C(O)C(O)C2O)C1NC(C)=O. The van der Waals surface area contributed by atoms with Gasteiger partial charge in [-0.25, -0.2) is 0 Å². The summed E-state index contributed by atoms with van der Waals surface area (Å²) in [6.07, 6.45) is -14.6. The molecule has 15 heteroatoms. The average Bonchev–Trinajstić information content (AvgIpc) is 2.80. The Kier molecular flexibility index (Phi) is 10.9. The van der Waals surface area contributed by atoms with Gasteiger partial charge in [0, 0.05) is 13.8 Å². The molecule has 0 radical (unpaired) electrons. The molecule has 0 aromatic rings. The van der Waals surface area contributed by atoms with Gasteiger partial charge in [0.2, 0.25) is 11.8 Å². The van der Waals surface area contributed by atoms with Gasteiger partial charge < -0.3 is 65.0 Å². The van der Waals surface area contributed by atoms with Crippen LogP contribution in [0, 0.1) is 0 Å². The van der Waals surface area contributed by atoms with Gasteiger partial charge in [-0.3, -0.25) is 9.59 Å². The van der Waals surface area contributed by atoms with Crippen molar-refractivity contribution >= 4 is 18.1 Å². The number of hydrogen-bond acceptors (Lipinski definition) is 13. The zero-order valence-corrected chi connectivity index (χ0v) is 19.5. The smallest absolute Gasteiger partial charge is 0.217 e. The Balaban J connectivity index is 2.35. The molecule has 0 aliphatic carbocycles. The second-order valence-electron chi connectivity index (χ2n) is 8.45. The fraction of sp³-hybridized carbons (Fsp3) is 0.850. The van der Waals surface area contributed by atoms with Crippen molar-refractivity contribution in [1.82, 2.24) is 10.6 Å². The van der Waals surface area contributed by atoms with Crippen LogP contribution in [0.4, 0.5) is 0 Å². The highest BCUT2D eigenvalue weighted by molar-refractivity contribution is 5.74. The molecule has 0 aromatic heterocycles. The molecular formula is C20H34N2O13. The summed E-state index contributed by atoms with van der Waals surface area (Å²) in [6, 6.07) is -2.55. The molecule has 2 fully saturated rings. The highest BCUT2D eigenvalue weighted by Gasteiger charge is 2.51. The van der Waals surface area contributed by atoms with Crippen molar-refractivity contribution in [3.8, 4) is 0 Å². The maximum absolute atomic E-state index is 11.9. The second kappa shape index (κ2) is 13.0. The van der Waals surface area contributed by atoms with Crippen LogP contribution in [-0.4, -0.2) is 135 Å². The lowest BCUT2D eigenvalue weighted by atomic mass is 9.95. The van der Waals surface area contributed by atoms with Gasteiger partial charge in [0.25, 0.3) is 0 Å². The maximum Gasteiger partial charge on any atom is 0.217 e. The van der Waals surface area contributed by atoms with Gasteiger partial charge in [-0.1, -0.05) is 0 Å². The molecule has 0 spiro atoms. The van der Waals surface area contributed by atoms with E-state index in [0.29, 0.717) is 0 Å². The molecule has 2 rings (SSSR count). The van der Waals surface area contributed by atoms with Gasteiger partial charge in [0.1, 0.15) is 48.8 Å². The Hall–Kier alpha value is -1.79. The summed E-state index contributed by atoms with van der Waals surface area (Å²) in [7, 11) is 0. The van der Waals surface area contributed by atoms with E-state index in [9.17, 15) is 45.0 Å². The molecule has 2 saturated heterocycles. The molecule has 2 amide bonds. The molecule has 0 aromatic carbocycles. The number of nitrogens with one attached hydrogen (secondary N) is 2. The first kappa shape index (κ1) is 29.4. The number of amides is 2. The summed E-state index contributed by atoms with van der Waals surface area (Å²) < 4.78 is 22.3. The predicted molar refractivity (Wildman–Crippen MR) is 112 cm³/mol. The Labute approximate surface area is 200 Å². The third kappa shape index (κ3) is 7.13. The van der Waals surface area contributed by atoms with Gasteiger partial charge in [-0.2, -0.15) is 0 Å². The summed E-state index contributed by atoms with van der Waals surface area (Å²) in [5.74, 6) is -1.20. The number of aliphatic hydroxyl groups is 6. The van der Waals surface area contributed by atoms with Gasteiger partial charge in [-0.15, -0.1) is 0 Å². The van der Waals surface area contributed by atoms with Crippen LogP contribution in [0.1, 0.15) is 20.8 Å². The van der Waals surface area contributed by atoms with Crippen LogP contribution in [0.25, 0.3) is 0 Å². The minimum atomic E-state index is -1.75. The molecule has 0 bridgehead atoms. The molecule has 2 aliphatic heterocycles. The van der Waals surface area contributed by atoms with Crippen molar-refractivity contribution in [2.24, 2.45) is 0 Å². The molecule has 202 valence electrons. The molecule has 35 heavy (non-hydrogen) atoms. The minimum absolute atomic E-state index is 0.285. The normalized spacial score (nSPS) is 39.3. The van der Waals surface area contributed by atoms with Crippen molar-refractivity contribution < 1.29 is 64.0 Å². The third-order valence-corrected chi connectivity index (χ3v) is 5.73. The largest absolute Gasteiger partial charge is 0.394 e. The van der Waals surface area contributed by atoms with Crippen LogP contribution in [0.2, 0.25) is 0 Å². The second-order valence-corrected chi connectivity index (χ2v) is 8.45. The lowest BCUT2D eigenvalue weighted by Crippen LogP contribution is -2.68. The molecule has 12 atom stereocenters. The first-order valence-electron chi connectivity index (χ1n) is 11.0. The molecule has 2 heterocycles. The van der Waals surface area contributed by atoms with Gasteiger partial charge in [-0.05, 0) is 6.92 Å². The van der Waals surface area contributed by atoms with Gasteiger partial charge >= 0.3 is 0 Å². The number of carbonyl (C=O) groups is 3. The van der Waals surface area contributed by atoms with E-state index in [1.807, 2.05) is 0 Å². The fourth-order valence-corrected chi connectivity index (χ4v) is 3.88. The van der Waals surface area contributed by atoms with Crippen molar-refractivity contribution in [3.05, 3.63) is 0 Å². The number of rotatable bonds is 10.